The highest BCUT2D eigenvalue weighted by Crippen LogP contribution is 2.41. The van der Waals surface area contributed by atoms with E-state index in [1.54, 1.807) is 19.1 Å². The molecule has 2 rings (SSSR count). The van der Waals surface area contributed by atoms with Gasteiger partial charge in [-0.25, -0.2) is 0 Å². The molecular weight excluding hydrogens is 216 g/mol. The molecule has 0 radical (unpaired) electrons. The van der Waals surface area contributed by atoms with Crippen LogP contribution in [0.1, 0.15) is 11.1 Å². The van der Waals surface area contributed by atoms with Crippen molar-refractivity contribution in [3.05, 3.63) is 41.5 Å². The molecule has 3 heteroatoms. The predicted molar refractivity (Wildman–Crippen MR) is 66.3 cm³/mol. The fourth-order valence-electron chi connectivity index (χ4n) is 1.90. The first kappa shape index (κ1) is 11.3. The highest BCUT2D eigenvalue weighted by Gasteiger charge is 2.14. The lowest BCUT2D eigenvalue weighted by Gasteiger charge is -2.12. The zero-order valence-electron chi connectivity index (χ0n) is 9.73. The van der Waals surface area contributed by atoms with Gasteiger partial charge in [-0.2, -0.15) is 0 Å². The summed E-state index contributed by atoms with van der Waals surface area (Å²) in [7, 11) is 0. The Hall–Kier alpha value is -2.16. The van der Waals surface area contributed by atoms with E-state index in [9.17, 15) is 15.3 Å². The lowest BCUT2D eigenvalue weighted by Crippen LogP contribution is -1.88. The van der Waals surface area contributed by atoms with Gasteiger partial charge < -0.3 is 15.3 Å². The number of hydrogen-bond donors (Lipinski definition) is 3. The summed E-state index contributed by atoms with van der Waals surface area (Å²) in [6, 6.07) is 8.06. The molecule has 0 aliphatic rings. The normalized spacial score (nSPS) is 10.5. The van der Waals surface area contributed by atoms with Crippen LogP contribution in [0.4, 0.5) is 0 Å². The molecule has 0 aliphatic carbocycles. The molecule has 0 fully saturated rings. The third-order valence-electron chi connectivity index (χ3n) is 2.81. The Bertz CT molecular complexity index is 554. The van der Waals surface area contributed by atoms with Crippen LogP contribution in [0, 0.1) is 13.8 Å². The topological polar surface area (TPSA) is 60.7 Å². The Labute approximate surface area is 99.6 Å². The molecule has 0 saturated carbocycles. The first-order chi connectivity index (χ1) is 8.00. The van der Waals surface area contributed by atoms with Gasteiger partial charge in [-0.1, -0.05) is 12.1 Å². The Kier molecular flexibility index (Phi) is 2.68. The fraction of sp³-hybridized carbons (Fsp3) is 0.143. The quantitative estimate of drug-likeness (QED) is 0.705. The first-order valence-corrected chi connectivity index (χ1v) is 5.32. The molecule has 0 aromatic heterocycles. The van der Waals surface area contributed by atoms with E-state index in [2.05, 4.69) is 0 Å². The van der Waals surface area contributed by atoms with Gasteiger partial charge in [-0.05, 0) is 48.7 Å². The highest BCUT2D eigenvalue weighted by molar-refractivity contribution is 5.80. The molecular formula is C14H14O3. The Morgan fingerprint density at radius 1 is 0.824 bits per heavy atom. The lowest BCUT2D eigenvalue weighted by atomic mass is 9.96. The van der Waals surface area contributed by atoms with Gasteiger partial charge in [0.1, 0.15) is 17.2 Å². The molecule has 3 N–H and O–H groups in total. The van der Waals surface area contributed by atoms with Gasteiger partial charge in [0.25, 0.3) is 0 Å². The molecule has 0 aliphatic heterocycles. The van der Waals surface area contributed by atoms with Crippen LogP contribution in [0.3, 0.4) is 0 Å². The number of benzene rings is 2. The van der Waals surface area contributed by atoms with Crippen LogP contribution in [-0.4, -0.2) is 15.3 Å². The maximum Gasteiger partial charge on any atom is 0.127 e. The molecule has 2 aromatic carbocycles. The number of aryl methyl sites for hydroxylation is 1. The van der Waals surface area contributed by atoms with Crippen LogP contribution in [0.5, 0.6) is 17.2 Å². The van der Waals surface area contributed by atoms with Gasteiger partial charge in [0.2, 0.25) is 0 Å². The Morgan fingerprint density at radius 2 is 1.41 bits per heavy atom. The van der Waals surface area contributed by atoms with E-state index in [0.29, 0.717) is 16.7 Å². The number of phenolic OH excluding ortho intramolecular Hbond substituents is 3. The summed E-state index contributed by atoms with van der Waals surface area (Å²) in [6.45, 7) is 3.59. The van der Waals surface area contributed by atoms with Gasteiger partial charge in [0, 0.05) is 0 Å². The van der Waals surface area contributed by atoms with Crippen LogP contribution in [0.15, 0.2) is 30.3 Å². The van der Waals surface area contributed by atoms with Crippen molar-refractivity contribution in [2.24, 2.45) is 0 Å². The van der Waals surface area contributed by atoms with Gasteiger partial charge in [-0.3, -0.25) is 0 Å². The average Bonchev–Trinajstić information content (AvgIpc) is 2.24. The van der Waals surface area contributed by atoms with Crippen molar-refractivity contribution in [1.29, 1.82) is 0 Å². The molecule has 0 amide bonds. The molecule has 88 valence electrons. The van der Waals surface area contributed by atoms with E-state index < -0.39 is 0 Å². The molecule has 17 heavy (non-hydrogen) atoms. The van der Waals surface area contributed by atoms with Gasteiger partial charge >= 0.3 is 0 Å². The minimum atomic E-state index is -0.00176. The van der Waals surface area contributed by atoms with Crippen molar-refractivity contribution in [2.45, 2.75) is 13.8 Å². The minimum absolute atomic E-state index is 0.00176. The number of rotatable bonds is 1. The summed E-state index contributed by atoms with van der Waals surface area (Å²) in [5, 5.41) is 29.4. The zero-order valence-corrected chi connectivity index (χ0v) is 9.73. The van der Waals surface area contributed by atoms with Crippen LogP contribution in [0.2, 0.25) is 0 Å². The van der Waals surface area contributed by atoms with E-state index in [1.807, 2.05) is 13.0 Å². The van der Waals surface area contributed by atoms with Crippen molar-refractivity contribution in [1.82, 2.24) is 0 Å². The average molecular weight is 230 g/mol. The van der Waals surface area contributed by atoms with Gasteiger partial charge in [0.15, 0.2) is 0 Å². The van der Waals surface area contributed by atoms with E-state index in [0.717, 1.165) is 5.56 Å². The Morgan fingerprint density at radius 3 is 2.00 bits per heavy atom. The number of hydrogen-bond acceptors (Lipinski definition) is 3. The molecule has 0 spiro atoms. The summed E-state index contributed by atoms with van der Waals surface area (Å²) >= 11 is 0. The van der Waals surface area contributed by atoms with Crippen LogP contribution >= 0.6 is 0 Å². The molecule has 3 nitrogen and oxygen atoms in total. The van der Waals surface area contributed by atoms with Crippen LogP contribution < -0.4 is 0 Å². The van der Waals surface area contributed by atoms with Crippen molar-refractivity contribution >= 4 is 0 Å². The van der Waals surface area contributed by atoms with Crippen LogP contribution in [0.25, 0.3) is 11.1 Å². The summed E-state index contributed by atoms with van der Waals surface area (Å²) < 4.78 is 0. The van der Waals surface area contributed by atoms with E-state index >= 15 is 0 Å². The molecule has 0 heterocycles. The van der Waals surface area contributed by atoms with Gasteiger partial charge in [-0.15, -0.1) is 0 Å². The van der Waals surface area contributed by atoms with Crippen molar-refractivity contribution in [3.63, 3.8) is 0 Å². The summed E-state index contributed by atoms with van der Waals surface area (Å²) in [6.07, 6.45) is 0. The molecule has 2 aromatic rings. The standard InChI is InChI=1S/C14H14O3/c1-8-6-10(9(2)13(17)7-8)14-11(15)4-3-5-12(14)16/h3-7,15-17H,1-2H3. The monoisotopic (exact) mass is 230 g/mol. The zero-order chi connectivity index (χ0) is 12.6. The maximum atomic E-state index is 9.81. The smallest absolute Gasteiger partial charge is 0.127 e. The summed E-state index contributed by atoms with van der Waals surface area (Å²) in [4.78, 5) is 0. The second-order valence-electron chi connectivity index (χ2n) is 4.13. The largest absolute Gasteiger partial charge is 0.508 e. The van der Waals surface area contributed by atoms with E-state index in [1.165, 1.54) is 12.1 Å². The number of aromatic hydroxyl groups is 3. The third-order valence-corrected chi connectivity index (χ3v) is 2.81. The fourth-order valence-corrected chi connectivity index (χ4v) is 1.90. The minimum Gasteiger partial charge on any atom is -0.508 e. The predicted octanol–water partition coefficient (Wildman–Crippen LogP) is 3.09. The van der Waals surface area contributed by atoms with Crippen molar-refractivity contribution in [3.8, 4) is 28.4 Å². The molecule has 0 bridgehead atoms. The second kappa shape index (κ2) is 4.01. The van der Waals surface area contributed by atoms with E-state index in [4.69, 9.17) is 0 Å². The second-order valence-corrected chi connectivity index (χ2v) is 4.13. The van der Waals surface area contributed by atoms with E-state index in [-0.39, 0.29) is 17.2 Å². The SMILES string of the molecule is Cc1cc(O)c(C)c(-c2c(O)cccc2O)c1. The summed E-state index contributed by atoms with van der Waals surface area (Å²) in [5.41, 5.74) is 2.49. The third kappa shape index (κ3) is 1.91. The van der Waals surface area contributed by atoms with Crippen molar-refractivity contribution in [2.75, 3.05) is 0 Å². The lowest BCUT2D eigenvalue weighted by molar-refractivity contribution is 0.453. The summed E-state index contributed by atoms with van der Waals surface area (Å²) in [5.74, 6) is 0.152. The first-order valence-electron chi connectivity index (χ1n) is 5.32. The van der Waals surface area contributed by atoms with Gasteiger partial charge in [0.05, 0.1) is 5.56 Å². The Balaban J connectivity index is 2.77. The molecule has 0 atom stereocenters. The molecule has 0 unspecified atom stereocenters. The van der Waals surface area contributed by atoms with Crippen LogP contribution in [-0.2, 0) is 0 Å². The number of phenols is 3. The maximum absolute atomic E-state index is 9.81. The highest BCUT2D eigenvalue weighted by atomic mass is 16.3. The molecule has 0 saturated heterocycles. The van der Waals surface area contributed by atoms with Crippen molar-refractivity contribution < 1.29 is 15.3 Å².